The maximum atomic E-state index is 13.1. The number of amides is 1. The summed E-state index contributed by atoms with van der Waals surface area (Å²) in [7, 11) is 0. The Hall–Kier alpha value is -1.62. The maximum absolute atomic E-state index is 13.1. The highest BCUT2D eigenvalue weighted by atomic mass is 16.2. The zero-order valence-electron chi connectivity index (χ0n) is 16.3. The summed E-state index contributed by atoms with van der Waals surface area (Å²) >= 11 is 0. The van der Waals surface area contributed by atoms with Gasteiger partial charge in [0.25, 0.3) is 0 Å². The van der Waals surface area contributed by atoms with Crippen LogP contribution in [0, 0.1) is 11.8 Å². The number of fused-ring (bicyclic) bond motifs is 6. The van der Waals surface area contributed by atoms with Gasteiger partial charge in [-0.1, -0.05) is 18.1 Å². The molecule has 4 aliphatic rings. The lowest BCUT2D eigenvalue weighted by Crippen LogP contribution is -2.60. The van der Waals surface area contributed by atoms with E-state index in [1.54, 1.807) is 11.8 Å². The van der Waals surface area contributed by atoms with E-state index in [4.69, 9.17) is 0 Å². The minimum Gasteiger partial charge on any atom is -0.336 e. The number of aromatic nitrogens is 2. The monoisotopic (exact) mass is 368 g/mol. The van der Waals surface area contributed by atoms with Crippen LogP contribution in [0.3, 0.4) is 0 Å². The highest BCUT2D eigenvalue weighted by Gasteiger charge is 2.46. The third-order valence-electron chi connectivity index (χ3n) is 7.31. The van der Waals surface area contributed by atoms with E-state index in [1.807, 2.05) is 16.9 Å². The molecule has 2 bridgehead atoms. The van der Waals surface area contributed by atoms with Crippen LogP contribution in [0.15, 0.2) is 30.1 Å². The van der Waals surface area contributed by atoms with Crippen LogP contribution < -0.4 is 0 Å². The Labute approximate surface area is 162 Å². The van der Waals surface area contributed by atoms with Crippen LogP contribution in [0.5, 0.6) is 0 Å². The Bertz CT molecular complexity index is 697. The molecular weight excluding hydrogens is 336 g/mol. The molecule has 5 rings (SSSR count). The van der Waals surface area contributed by atoms with Crippen molar-refractivity contribution in [3.63, 3.8) is 0 Å². The van der Waals surface area contributed by atoms with Crippen molar-refractivity contribution in [3.8, 4) is 0 Å². The molecule has 5 heteroatoms. The van der Waals surface area contributed by atoms with Crippen molar-refractivity contribution in [2.75, 3.05) is 19.6 Å². The Balaban J connectivity index is 1.28. The molecule has 3 aliphatic heterocycles. The molecule has 0 saturated carbocycles. The molecule has 3 saturated heterocycles. The second-order valence-corrected chi connectivity index (χ2v) is 8.97. The number of likely N-dealkylation sites (tertiary alicyclic amines) is 1. The van der Waals surface area contributed by atoms with Crippen LogP contribution in [0.25, 0.3) is 0 Å². The molecule has 4 atom stereocenters. The number of piperidine rings is 3. The molecule has 1 aliphatic carbocycles. The number of aryl methyl sites for hydroxylation is 1. The summed E-state index contributed by atoms with van der Waals surface area (Å²) in [6.07, 6.45) is 15.7. The second-order valence-electron chi connectivity index (χ2n) is 8.97. The summed E-state index contributed by atoms with van der Waals surface area (Å²) < 4.78 is 1.93. The predicted octanol–water partition coefficient (Wildman–Crippen LogP) is 3.08. The molecule has 5 nitrogen and oxygen atoms in total. The summed E-state index contributed by atoms with van der Waals surface area (Å²) in [4.78, 5) is 18.1. The molecule has 146 valence electrons. The van der Waals surface area contributed by atoms with Crippen molar-refractivity contribution in [1.29, 1.82) is 0 Å². The van der Waals surface area contributed by atoms with Gasteiger partial charge < -0.3 is 4.90 Å². The topological polar surface area (TPSA) is 41.4 Å². The van der Waals surface area contributed by atoms with E-state index in [9.17, 15) is 4.79 Å². The van der Waals surface area contributed by atoms with E-state index < -0.39 is 0 Å². The number of nitrogens with zero attached hydrogens (tertiary/aromatic N) is 4. The van der Waals surface area contributed by atoms with Gasteiger partial charge in [-0.2, -0.15) is 5.10 Å². The van der Waals surface area contributed by atoms with Crippen molar-refractivity contribution in [3.05, 3.63) is 30.1 Å². The van der Waals surface area contributed by atoms with Crippen LogP contribution in [0.1, 0.15) is 51.4 Å². The van der Waals surface area contributed by atoms with Crippen LogP contribution in [-0.2, 0) is 11.3 Å². The molecule has 1 aromatic rings. The lowest BCUT2D eigenvalue weighted by atomic mass is 9.68. The van der Waals surface area contributed by atoms with Crippen LogP contribution in [-0.4, -0.2) is 57.2 Å². The Kier molecular flexibility index (Phi) is 4.80. The summed E-state index contributed by atoms with van der Waals surface area (Å²) in [5.74, 6) is 1.75. The highest BCUT2D eigenvalue weighted by Crippen LogP contribution is 2.45. The van der Waals surface area contributed by atoms with Gasteiger partial charge in [-0.05, 0) is 63.0 Å². The molecule has 0 N–H and O–H groups in total. The molecular formula is C22H32N4O. The lowest BCUT2D eigenvalue weighted by Gasteiger charge is -2.54. The molecule has 0 radical (unpaired) electrons. The average Bonchev–Trinajstić information content (AvgIpc) is 3.21. The van der Waals surface area contributed by atoms with Crippen LogP contribution in [0.2, 0.25) is 0 Å². The number of hydrogen-bond acceptors (Lipinski definition) is 3. The third kappa shape index (κ3) is 3.35. The maximum Gasteiger partial charge on any atom is 0.223 e. The first kappa shape index (κ1) is 17.5. The van der Waals surface area contributed by atoms with Crippen molar-refractivity contribution in [2.24, 2.45) is 11.8 Å². The molecule has 1 amide bonds. The zero-order chi connectivity index (χ0) is 18.2. The van der Waals surface area contributed by atoms with Gasteiger partial charge in [-0.3, -0.25) is 14.4 Å². The summed E-state index contributed by atoms with van der Waals surface area (Å²) in [5, 5.41) is 4.25. The number of carbonyl (C=O) groups excluding carboxylic acids is 1. The van der Waals surface area contributed by atoms with Crippen LogP contribution in [0.4, 0.5) is 0 Å². The first-order chi connectivity index (χ1) is 13.3. The van der Waals surface area contributed by atoms with Gasteiger partial charge in [0.15, 0.2) is 0 Å². The first-order valence-corrected chi connectivity index (χ1v) is 11.0. The Morgan fingerprint density at radius 1 is 1.22 bits per heavy atom. The molecule has 4 heterocycles. The van der Waals surface area contributed by atoms with Crippen molar-refractivity contribution < 1.29 is 4.79 Å². The zero-order valence-corrected chi connectivity index (χ0v) is 16.3. The van der Waals surface area contributed by atoms with E-state index >= 15 is 0 Å². The van der Waals surface area contributed by atoms with Crippen molar-refractivity contribution >= 4 is 5.91 Å². The van der Waals surface area contributed by atoms with Gasteiger partial charge in [-0.25, -0.2) is 0 Å². The fourth-order valence-electron chi connectivity index (χ4n) is 6.22. The van der Waals surface area contributed by atoms with Gasteiger partial charge >= 0.3 is 0 Å². The highest BCUT2D eigenvalue weighted by molar-refractivity contribution is 5.77. The summed E-state index contributed by atoms with van der Waals surface area (Å²) in [6, 6.07) is 3.11. The molecule has 0 aromatic carbocycles. The molecule has 3 fully saturated rings. The smallest absolute Gasteiger partial charge is 0.223 e. The lowest BCUT2D eigenvalue weighted by molar-refractivity contribution is -0.136. The van der Waals surface area contributed by atoms with Gasteiger partial charge in [0, 0.05) is 44.5 Å². The van der Waals surface area contributed by atoms with E-state index in [1.165, 1.54) is 45.2 Å². The molecule has 0 spiro atoms. The van der Waals surface area contributed by atoms with E-state index in [2.05, 4.69) is 21.0 Å². The van der Waals surface area contributed by atoms with Gasteiger partial charge in [0.2, 0.25) is 5.91 Å². The summed E-state index contributed by atoms with van der Waals surface area (Å²) in [5.41, 5.74) is 1.59. The fraction of sp³-hybridized carbons (Fsp3) is 0.727. The summed E-state index contributed by atoms with van der Waals surface area (Å²) in [6.45, 7) is 4.26. The quantitative estimate of drug-likeness (QED) is 0.767. The predicted molar refractivity (Wildman–Crippen MR) is 105 cm³/mol. The van der Waals surface area contributed by atoms with E-state index in [0.717, 1.165) is 37.9 Å². The van der Waals surface area contributed by atoms with Crippen LogP contribution >= 0.6 is 0 Å². The fourth-order valence-corrected chi connectivity index (χ4v) is 6.22. The third-order valence-corrected chi connectivity index (χ3v) is 7.31. The van der Waals surface area contributed by atoms with Crippen molar-refractivity contribution in [1.82, 2.24) is 19.6 Å². The van der Waals surface area contributed by atoms with Gasteiger partial charge in [0.05, 0.1) is 6.04 Å². The normalized spacial score (nSPS) is 33.2. The number of rotatable bonds is 4. The molecule has 27 heavy (non-hydrogen) atoms. The standard InChI is InChI=1S/C22H32N4O/c27-21(8-4-11-25-12-5-9-23-25)26-13-3-6-17-14-18-15-19(22(17)26)16-24-10-2-1-7-20(18)24/h5,9,12,14,18-20,22H,1-4,6-8,10-11,13,15-16H2/t18-,19-,20+,22+/m0/s1. The minimum absolute atomic E-state index is 0.358. The average molecular weight is 369 g/mol. The minimum atomic E-state index is 0.358. The SMILES string of the molecule is O=C(CCCn1cccn1)N1CCCC2=C[C@H]3C[C@@H](CN4CCCC[C@H]34)[C@@H]21. The van der Waals surface area contributed by atoms with Gasteiger partial charge in [0.1, 0.15) is 0 Å². The van der Waals surface area contributed by atoms with Crippen molar-refractivity contribution in [2.45, 2.75) is 70.0 Å². The molecule has 1 aromatic heterocycles. The van der Waals surface area contributed by atoms with E-state index in [0.29, 0.717) is 24.3 Å². The Morgan fingerprint density at radius 2 is 2.19 bits per heavy atom. The second kappa shape index (κ2) is 7.42. The number of hydrogen-bond donors (Lipinski definition) is 0. The number of carbonyl (C=O) groups is 1. The van der Waals surface area contributed by atoms with Gasteiger partial charge in [-0.15, -0.1) is 0 Å². The largest absolute Gasteiger partial charge is 0.336 e. The Morgan fingerprint density at radius 3 is 3.07 bits per heavy atom. The molecule has 0 unspecified atom stereocenters. The first-order valence-electron chi connectivity index (χ1n) is 11.0. The van der Waals surface area contributed by atoms with E-state index in [-0.39, 0.29) is 0 Å².